The minimum absolute atomic E-state index is 0.184. The van der Waals surface area contributed by atoms with Gasteiger partial charge < -0.3 is 5.11 Å². The highest BCUT2D eigenvalue weighted by atomic mass is 32.1. The van der Waals surface area contributed by atoms with E-state index in [0.717, 1.165) is 6.42 Å². The smallest absolute Gasteiger partial charge is 0.0806 e. The van der Waals surface area contributed by atoms with E-state index in [0.29, 0.717) is 5.41 Å². The Bertz CT molecular complexity index is 374. The minimum atomic E-state index is -0.184. The Labute approximate surface area is 95.1 Å². The summed E-state index contributed by atoms with van der Waals surface area (Å²) in [4.78, 5) is 2.82. The fourth-order valence-corrected chi connectivity index (χ4v) is 4.71. The molecule has 1 saturated carbocycles. The number of aliphatic hydroxyl groups excluding tert-OH is 1. The minimum Gasteiger partial charge on any atom is -0.388 e. The summed E-state index contributed by atoms with van der Waals surface area (Å²) in [6.45, 7) is 2.15. The average molecular weight is 222 g/mol. The maximum Gasteiger partial charge on any atom is 0.0806 e. The summed E-state index contributed by atoms with van der Waals surface area (Å²) in [5, 5.41) is 10.2. The van der Waals surface area contributed by atoms with Crippen molar-refractivity contribution in [2.75, 3.05) is 0 Å². The summed E-state index contributed by atoms with van der Waals surface area (Å²) in [5.41, 5.74) is 1.69. The van der Waals surface area contributed by atoms with Crippen molar-refractivity contribution in [1.29, 1.82) is 0 Å². The number of rotatable bonds is 0. The molecule has 1 N–H and O–H groups in total. The molecule has 0 aromatic carbocycles. The molecule has 2 aliphatic carbocycles. The molecule has 0 aliphatic heterocycles. The van der Waals surface area contributed by atoms with Crippen molar-refractivity contribution in [3.8, 4) is 0 Å². The number of thiophene rings is 1. The lowest BCUT2D eigenvalue weighted by Crippen LogP contribution is -2.27. The van der Waals surface area contributed by atoms with Gasteiger partial charge in [-0.15, -0.1) is 11.3 Å². The van der Waals surface area contributed by atoms with Crippen LogP contribution in [0.5, 0.6) is 0 Å². The molecule has 1 spiro atoms. The van der Waals surface area contributed by atoms with E-state index >= 15 is 0 Å². The number of hydrogen-bond acceptors (Lipinski definition) is 2. The Morgan fingerprint density at radius 1 is 1.40 bits per heavy atom. The molecule has 3 rings (SSSR count). The van der Waals surface area contributed by atoms with Crippen LogP contribution in [-0.4, -0.2) is 5.11 Å². The van der Waals surface area contributed by atoms with Crippen LogP contribution in [0.2, 0.25) is 0 Å². The molecular weight excluding hydrogens is 204 g/mol. The molecule has 0 radical (unpaired) electrons. The van der Waals surface area contributed by atoms with Crippen molar-refractivity contribution < 1.29 is 5.11 Å². The number of hydrogen-bond donors (Lipinski definition) is 1. The normalized spacial score (nSPS) is 28.3. The van der Waals surface area contributed by atoms with Gasteiger partial charge in [-0.05, 0) is 49.7 Å². The quantitative estimate of drug-likeness (QED) is 0.711. The zero-order valence-electron chi connectivity index (χ0n) is 9.25. The zero-order valence-corrected chi connectivity index (χ0v) is 10.1. The molecule has 1 aromatic heterocycles. The molecule has 15 heavy (non-hydrogen) atoms. The molecule has 0 bridgehead atoms. The monoisotopic (exact) mass is 222 g/mol. The van der Waals surface area contributed by atoms with Crippen molar-refractivity contribution in [1.82, 2.24) is 0 Å². The maximum absolute atomic E-state index is 10.2. The summed E-state index contributed by atoms with van der Waals surface area (Å²) >= 11 is 1.89. The second kappa shape index (κ2) is 3.33. The summed E-state index contributed by atoms with van der Waals surface area (Å²) in [6, 6.07) is 2.19. The second-order valence-electron chi connectivity index (χ2n) is 5.34. The van der Waals surface area contributed by atoms with Crippen LogP contribution in [-0.2, 0) is 6.42 Å². The lowest BCUT2D eigenvalue weighted by atomic mass is 9.72. The summed E-state index contributed by atoms with van der Waals surface area (Å²) in [7, 11) is 0. The summed E-state index contributed by atoms with van der Waals surface area (Å²) in [6.07, 6.45) is 7.46. The third-order valence-electron chi connectivity index (χ3n) is 4.15. The second-order valence-corrected chi connectivity index (χ2v) is 6.68. The van der Waals surface area contributed by atoms with Gasteiger partial charge in [0, 0.05) is 9.75 Å². The number of aliphatic hydroxyl groups is 1. The Kier molecular flexibility index (Phi) is 2.18. The van der Waals surface area contributed by atoms with Crippen LogP contribution in [0.15, 0.2) is 6.07 Å². The highest BCUT2D eigenvalue weighted by Crippen LogP contribution is 2.52. The number of fused-ring (bicyclic) bond motifs is 1. The Hall–Kier alpha value is -0.340. The van der Waals surface area contributed by atoms with Crippen LogP contribution < -0.4 is 0 Å². The standard InChI is InChI=1S/C13H18OS/c1-9-6-10-11(14)7-13(4-2-3-5-13)8-12(10)15-9/h6,11,14H,2-5,7-8H2,1H3. The van der Waals surface area contributed by atoms with Gasteiger partial charge in [-0.2, -0.15) is 0 Å². The predicted octanol–water partition coefficient (Wildman–Crippen LogP) is 3.60. The fraction of sp³-hybridized carbons (Fsp3) is 0.692. The Morgan fingerprint density at radius 3 is 2.87 bits per heavy atom. The molecule has 1 aromatic rings. The lowest BCUT2D eigenvalue weighted by Gasteiger charge is -2.35. The van der Waals surface area contributed by atoms with E-state index in [2.05, 4.69) is 13.0 Å². The topological polar surface area (TPSA) is 20.2 Å². The van der Waals surface area contributed by atoms with E-state index in [1.807, 2.05) is 11.3 Å². The van der Waals surface area contributed by atoms with Gasteiger partial charge in [0.2, 0.25) is 0 Å². The van der Waals surface area contributed by atoms with E-state index in [-0.39, 0.29) is 6.10 Å². The van der Waals surface area contributed by atoms with Crippen molar-refractivity contribution in [3.63, 3.8) is 0 Å². The molecule has 1 unspecified atom stereocenters. The van der Waals surface area contributed by atoms with Gasteiger partial charge in [-0.1, -0.05) is 12.8 Å². The van der Waals surface area contributed by atoms with Gasteiger partial charge in [0.1, 0.15) is 0 Å². The van der Waals surface area contributed by atoms with Crippen LogP contribution in [0.25, 0.3) is 0 Å². The van der Waals surface area contributed by atoms with Crippen LogP contribution in [0.4, 0.5) is 0 Å². The first-order chi connectivity index (χ1) is 7.19. The van der Waals surface area contributed by atoms with E-state index in [4.69, 9.17) is 0 Å². The predicted molar refractivity (Wildman–Crippen MR) is 63.2 cm³/mol. The molecular formula is C13H18OS. The summed E-state index contributed by atoms with van der Waals surface area (Å²) < 4.78 is 0. The third kappa shape index (κ3) is 1.55. The van der Waals surface area contributed by atoms with Gasteiger partial charge in [-0.25, -0.2) is 0 Å². The van der Waals surface area contributed by atoms with Gasteiger partial charge in [0.05, 0.1) is 6.10 Å². The van der Waals surface area contributed by atoms with Gasteiger partial charge in [0.25, 0.3) is 0 Å². The van der Waals surface area contributed by atoms with Crippen molar-refractivity contribution in [2.24, 2.45) is 5.41 Å². The molecule has 1 heterocycles. The first-order valence-corrected chi connectivity index (χ1v) is 6.77. The first-order valence-electron chi connectivity index (χ1n) is 5.96. The Balaban J connectivity index is 1.98. The van der Waals surface area contributed by atoms with Crippen LogP contribution >= 0.6 is 11.3 Å². The van der Waals surface area contributed by atoms with E-state index in [1.54, 1.807) is 0 Å². The molecule has 0 amide bonds. The SMILES string of the molecule is Cc1cc2c(s1)CC1(CCCC1)CC2O. The molecule has 1 fully saturated rings. The Morgan fingerprint density at radius 2 is 2.13 bits per heavy atom. The van der Waals surface area contributed by atoms with Gasteiger partial charge >= 0.3 is 0 Å². The van der Waals surface area contributed by atoms with Crippen LogP contribution in [0.1, 0.15) is 53.5 Å². The highest BCUT2D eigenvalue weighted by Gasteiger charge is 2.41. The fourth-order valence-electron chi connectivity index (χ4n) is 3.44. The summed E-state index contributed by atoms with van der Waals surface area (Å²) in [5.74, 6) is 0. The molecule has 82 valence electrons. The average Bonchev–Trinajstić information content (AvgIpc) is 2.73. The van der Waals surface area contributed by atoms with Crippen molar-refractivity contribution in [2.45, 2.75) is 51.6 Å². The van der Waals surface area contributed by atoms with Crippen LogP contribution in [0.3, 0.4) is 0 Å². The van der Waals surface area contributed by atoms with E-state index in [1.165, 1.54) is 47.4 Å². The molecule has 2 aliphatic rings. The highest BCUT2D eigenvalue weighted by molar-refractivity contribution is 7.12. The molecule has 0 saturated heterocycles. The first kappa shape index (κ1) is 9.86. The molecule has 1 nitrogen and oxygen atoms in total. The van der Waals surface area contributed by atoms with Gasteiger partial charge in [-0.3, -0.25) is 0 Å². The molecule has 2 heteroatoms. The third-order valence-corrected chi connectivity index (χ3v) is 5.22. The van der Waals surface area contributed by atoms with Crippen molar-refractivity contribution >= 4 is 11.3 Å². The van der Waals surface area contributed by atoms with E-state index < -0.39 is 0 Å². The van der Waals surface area contributed by atoms with E-state index in [9.17, 15) is 5.11 Å². The lowest BCUT2D eigenvalue weighted by molar-refractivity contribution is 0.0853. The van der Waals surface area contributed by atoms with Crippen molar-refractivity contribution in [3.05, 3.63) is 21.4 Å². The largest absolute Gasteiger partial charge is 0.388 e. The van der Waals surface area contributed by atoms with Crippen LogP contribution in [0, 0.1) is 12.3 Å². The number of aryl methyl sites for hydroxylation is 1. The zero-order chi connectivity index (χ0) is 10.5. The maximum atomic E-state index is 10.2. The molecule has 1 atom stereocenters. The van der Waals surface area contributed by atoms with Gasteiger partial charge in [0.15, 0.2) is 0 Å².